The summed E-state index contributed by atoms with van der Waals surface area (Å²) in [7, 11) is 0. The minimum atomic E-state index is -0.568. The third kappa shape index (κ3) is 6.80. The minimum absolute atomic E-state index is 0.237. The summed E-state index contributed by atoms with van der Waals surface area (Å²) in [5, 5.41) is 6.53. The zero-order valence-corrected chi connectivity index (χ0v) is 21.3. The van der Waals surface area contributed by atoms with Crippen molar-refractivity contribution in [1.29, 1.82) is 0 Å². The number of anilines is 2. The molecule has 1 unspecified atom stereocenters. The number of carbonyl (C=O) groups is 2. The monoisotopic (exact) mass is 540 g/mol. The van der Waals surface area contributed by atoms with Gasteiger partial charge in [-0.25, -0.2) is 0 Å². The first-order valence-electron chi connectivity index (χ1n) is 10.5. The zero-order valence-electron chi connectivity index (χ0n) is 18.2. The smallest absolute Gasteiger partial charge is 0.255 e. The Morgan fingerprint density at radius 2 is 1.46 bits per heavy atom. The van der Waals surface area contributed by atoms with Gasteiger partial charge in [-0.15, -0.1) is 11.8 Å². The second kappa shape index (κ2) is 11.6. The van der Waals surface area contributed by atoms with Crippen LogP contribution in [0.1, 0.15) is 21.2 Å². The van der Waals surface area contributed by atoms with E-state index >= 15 is 0 Å². The fraction of sp³-hybridized carbons (Fsp3) is 0.0370. The summed E-state index contributed by atoms with van der Waals surface area (Å²) < 4.78 is 0. The summed E-state index contributed by atoms with van der Waals surface area (Å²) in [6, 6.07) is 28.4. The lowest BCUT2D eigenvalue weighted by atomic mass is 10.1. The van der Waals surface area contributed by atoms with Gasteiger partial charge in [0.05, 0.1) is 10.7 Å². The molecule has 4 aromatic rings. The molecule has 2 N–H and O–H groups in total. The highest BCUT2D eigenvalue weighted by atomic mass is 35.5. The van der Waals surface area contributed by atoms with Gasteiger partial charge in [-0.3, -0.25) is 9.59 Å². The molecule has 8 heteroatoms. The molecule has 0 radical (unpaired) electrons. The minimum Gasteiger partial charge on any atom is -0.323 e. The lowest BCUT2D eigenvalue weighted by Gasteiger charge is -2.18. The Hall–Kier alpha value is -2.96. The van der Waals surface area contributed by atoms with E-state index in [4.69, 9.17) is 34.8 Å². The molecule has 0 fully saturated rings. The molecule has 0 spiro atoms. The van der Waals surface area contributed by atoms with Crippen LogP contribution in [0.4, 0.5) is 11.4 Å². The highest BCUT2D eigenvalue weighted by molar-refractivity contribution is 8.00. The fourth-order valence-corrected chi connectivity index (χ4v) is 5.04. The van der Waals surface area contributed by atoms with E-state index in [1.165, 1.54) is 11.8 Å². The molecule has 0 aliphatic heterocycles. The van der Waals surface area contributed by atoms with Crippen molar-refractivity contribution in [1.82, 2.24) is 0 Å². The first-order chi connectivity index (χ1) is 16.9. The van der Waals surface area contributed by atoms with Gasteiger partial charge in [-0.1, -0.05) is 77.3 Å². The third-order valence-corrected chi connectivity index (χ3v) is 6.99. The number of benzene rings is 4. The maximum absolute atomic E-state index is 13.3. The molecule has 0 heterocycles. The number of hydrogen-bond acceptors (Lipinski definition) is 3. The number of nitrogens with one attached hydrogen (secondary N) is 2. The van der Waals surface area contributed by atoms with Gasteiger partial charge in [0, 0.05) is 26.2 Å². The van der Waals surface area contributed by atoms with Crippen molar-refractivity contribution in [3.63, 3.8) is 0 Å². The molecule has 0 aliphatic rings. The van der Waals surface area contributed by atoms with Gasteiger partial charge in [0.1, 0.15) is 5.25 Å². The largest absolute Gasteiger partial charge is 0.323 e. The number of halogens is 3. The number of hydrogen-bond donors (Lipinski definition) is 2. The van der Waals surface area contributed by atoms with Crippen molar-refractivity contribution in [2.45, 2.75) is 10.1 Å². The van der Waals surface area contributed by atoms with Crippen LogP contribution in [-0.2, 0) is 4.79 Å². The molecular formula is C27H19Cl3N2O2S. The lowest BCUT2D eigenvalue weighted by Crippen LogP contribution is -2.19. The van der Waals surface area contributed by atoms with E-state index < -0.39 is 5.25 Å². The number of amides is 2. The standard InChI is InChI=1S/C27H19Cl3N2O2S/c28-19-9-4-8-18(14-19)26(33)31-21-10-5-11-22(16-21)35-25(17-6-2-1-3-7-17)27(34)32-24-13-12-20(29)15-23(24)30/h1-16,25H,(H,31,33)(H,32,34). The Morgan fingerprint density at radius 1 is 0.714 bits per heavy atom. The highest BCUT2D eigenvalue weighted by Gasteiger charge is 2.23. The van der Waals surface area contributed by atoms with E-state index in [0.29, 0.717) is 32.0 Å². The van der Waals surface area contributed by atoms with Crippen LogP contribution in [-0.4, -0.2) is 11.8 Å². The Kier molecular flexibility index (Phi) is 8.37. The van der Waals surface area contributed by atoms with Crippen molar-refractivity contribution >= 4 is 69.8 Å². The molecule has 0 saturated carbocycles. The maximum atomic E-state index is 13.3. The molecule has 0 saturated heterocycles. The Morgan fingerprint density at radius 3 is 2.20 bits per heavy atom. The van der Waals surface area contributed by atoms with Gasteiger partial charge < -0.3 is 10.6 Å². The number of rotatable bonds is 7. The maximum Gasteiger partial charge on any atom is 0.255 e. The number of carbonyl (C=O) groups excluding carboxylic acids is 2. The molecule has 35 heavy (non-hydrogen) atoms. The Balaban J connectivity index is 1.55. The summed E-state index contributed by atoms with van der Waals surface area (Å²) in [5.74, 6) is -0.511. The third-order valence-electron chi connectivity index (χ3n) is 4.96. The normalized spacial score (nSPS) is 11.5. The van der Waals surface area contributed by atoms with Crippen LogP contribution >= 0.6 is 46.6 Å². The van der Waals surface area contributed by atoms with Crippen LogP contribution in [0.25, 0.3) is 0 Å². The summed E-state index contributed by atoms with van der Waals surface area (Å²) >= 11 is 19.6. The molecule has 4 nitrogen and oxygen atoms in total. The van der Waals surface area contributed by atoms with Gasteiger partial charge in [-0.05, 0) is 60.2 Å². The van der Waals surface area contributed by atoms with Crippen molar-refractivity contribution in [3.8, 4) is 0 Å². The van der Waals surface area contributed by atoms with Gasteiger partial charge >= 0.3 is 0 Å². The Labute approximate surface area is 222 Å². The number of thioether (sulfide) groups is 1. The summed E-state index contributed by atoms with van der Waals surface area (Å²) in [6.07, 6.45) is 0. The van der Waals surface area contributed by atoms with E-state index in [2.05, 4.69) is 10.6 Å². The van der Waals surface area contributed by atoms with Crippen molar-refractivity contribution in [3.05, 3.63) is 123 Å². The van der Waals surface area contributed by atoms with Gasteiger partial charge in [0.2, 0.25) is 5.91 Å². The van der Waals surface area contributed by atoms with Crippen LogP contribution in [0.15, 0.2) is 102 Å². The van der Waals surface area contributed by atoms with Gasteiger partial charge in [0.25, 0.3) is 5.91 Å². The summed E-state index contributed by atoms with van der Waals surface area (Å²) in [4.78, 5) is 26.8. The molecule has 1 atom stereocenters. The molecule has 4 aromatic carbocycles. The highest BCUT2D eigenvalue weighted by Crippen LogP contribution is 2.38. The molecule has 176 valence electrons. The summed E-state index contributed by atoms with van der Waals surface area (Å²) in [5.41, 5.74) is 2.36. The van der Waals surface area contributed by atoms with Crippen molar-refractivity contribution in [2.24, 2.45) is 0 Å². The van der Waals surface area contributed by atoms with Gasteiger partial charge in [0.15, 0.2) is 0 Å². The van der Waals surface area contributed by atoms with E-state index in [-0.39, 0.29) is 11.8 Å². The van der Waals surface area contributed by atoms with Crippen LogP contribution in [0.5, 0.6) is 0 Å². The first kappa shape index (κ1) is 25.1. The molecule has 0 aliphatic carbocycles. The van der Waals surface area contributed by atoms with Crippen molar-refractivity contribution in [2.75, 3.05) is 10.6 Å². The molecule has 0 aromatic heterocycles. The summed E-state index contributed by atoms with van der Waals surface area (Å²) in [6.45, 7) is 0. The zero-order chi connectivity index (χ0) is 24.8. The van der Waals surface area contributed by atoms with Crippen LogP contribution in [0, 0.1) is 0 Å². The first-order valence-corrected chi connectivity index (χ1v) is 12.5. The quantitative estimate of drug-likeness (QED) is 0.231. The van der Waals surface area contributed by atoms with Crippen LogP contribution < -0.4 is 10.6 Å². The van der Waals surface area contributed by atoms with Crippen LogP contribution in [0.3, 0.4) is 0 Å². The second-order valence-corrected chi connectivity index (χ2v) is 9.97. The molecule has 4 rings (SSSR count). The SMILES string of the molecule is O=C(Nc1cccc(SC(C(=O)Nc2ccc(Cl)cc2Cl)c2ccccc2)c1)c1cccc(Cl)c1. The van der Waals surface area contributed by atoms with E-state index in [9.17, 15) is 9.59 Å². The molecule has 0 bridgehead atoms. The van der Waals surface area contributed by atoms with Gasteiger partial charge in [-0.2, -0.15) is 0 Å². The predicted molar refractivity (Wildman–Crippen MR) is 146 cm³/mol. The van der Waals surface area contributed by atoms with E-state index in [1.54, 1.807) is 48.5 Å². The topological polar surface area (TPSA) is 58.2 Å². The second-order valence-electron chi connectivity index (χ2n) is 7.51. The average molecular weight is 542 g/mol. The predicted octanol–water partition coefficient (Wildman–Crippen LogP) is 8.37. The Bertz CT molecular complexity index is 1370. The molecular weight excluding hydrogens is 523 g/mol. The van der Waals surface area contributed by atoms with E-state index in [0.717, 1.165) is 10.5 Å². The lowest BCUT2D eigenvalue weighted by molar-refractivity contribution is -0.115. The van der Waals surface area contributed by atoms with E-state index in [1.807, 2.05) is 48.5 Å². The molecule has 2 amide bonds. The van der Waals surface area contributed by atoms with Crippen molar-refractivity contribution < 1.29 is 9.59 Å². The average Bonchev–Trinajstić information content (AvgIpc) is 2.85. The van der Waals surface area contributed by atoms with Crippen LogP contribution in [0.2, 0.25) is 15.1 Å². The fourth-order valence-electron chi connectivity index (χ4n) is 3.31.